The standard InChI is InChI=1S/C18H17F2NO5/c1-11-10-12(26-18(19)20)7-8-14(11)21-9-5-4-6-13(16(22)24-2)15(21)17(23)25-3/h4-10,18H,1-3H3. The quantitative estimate of drug-likeness (QED) is 0.747. The minimum absolute atomic E-state index is 0.00310. The molecule has 0 amide bonds. The van der Waals surface area contributed by atoms with Crippen LogP contribution in [0.3, 0.4) is 0 Å². The number of rotatable bonds is 5. The zero-order valence-corrected chi connectivity index (χ0v) is 14.4. The maximum absolute atomic E-state index is 12.4. The molecule has 2 rings (SSSR count). The Hall–Kier alpha value is -3.16. The summed E-state index contributed by atoms with van der Waals surface area (Å²) in [6.45, 7) is -1.29. The Morgan fingerprint density at radius 1 is 1.08 bits per heavy atom. The van der Waals surface area contributed by atoms with E-state index in [1.165, 1.54) is 43.4 Å². The molecule has 0 aromatic heterocycles. The van der Waals surface area contributed by atoms with Gasteiger partial charge in [-0.15, -0.1) is 0 Å². The minimum Gasteiger partial charge on any atom is -0.465 e. The Kier molecular flexibility index (Phi) is 6.11. The average Bonchev–Trinajstić information content (AvgIpc) is 2.82. The summed E-state index contributed by atoms with van der Waals surface area (Å²) >= 11 is 0. The highest BCUT2D eigenvalue weighted by Crippen LogP contribution is 2.31. The molecule has 0 radical (unpaired) electrons. The van der Waals surface area contributed by atoms with E-state index in [4.69, 9.17) is 9.47 Å². The number of hydrogen-bond donors (Lipinski definition) is 0. The third-order valence-electron chi connectivity index (χ3n) is 3.54. The Labute approximate surface area is 148 Å². The lowest BCUT2D eigenvalue weighted by molar-refractivity contribution is -0.139. The molecule has 1 heterocycles. The summed E-state index contributed by atoms with van der Waals surface area (Å²) in [5.41, 5.74) is 0.959. The molecule has 0 saturated heterocycles. The summed E-state index contributed by atoms with van der Waals surface area (Å²) in [6.07, 6.45) is 6.16. The van der Waals surface area contributed by atoms with Crippen LogP contribution < -0.4 is 9.64 Å². The average molecular weight is 365 g/mol. The number of hydrogen-bond acceptors (Lipinski definition) is 6. The smallest absolute Gasteiger partial charge is 0.387 e. The van der Waals surface area contributed by atoms with Gasteiger partial charge in [-0.1, -0.05) is 6.08 Å². The summed E-state index contributed by atoms with van der Waals surface area (Å²) in [5.74, 6) is -1.49. The molecule has 0 unspecified atom stereocenters. The van der Waals surface area contributed by atoms with Gasteiger partial charge >= 0.3 is 18.6 Å². The minimum atomic E-state index is -2.95. The van der Waals surface area contributed by atoms with E-state index >= 15 is 0 Å². The SMILES string of the molecule is COC(=O)C1=C(C(=O)OC)N(c2ccc(OC(F)F)cc2C)C=CC=C1. The third kappa shape index (κ3) is 4.08. The zero-order chi connectivity index (χ0) is 19.3. The van der Waals surface area contributed by atoms with Crippen LogP contribution >= 0.6 is 0 Å². The molecule has 0 saturated carbocycles. The van der Waals surface area contributed by atoms with Crippen LogP contribution in [0, 0.1) is 6.92 Å². The molecule has 0 N–H and O–H groups in total. The van der Waals surface area contributed by atoms with Crippen LogP contribution in [0.5, 0.6) is 5.75 Å². The van der Waals surface area contributed by atoms with Crippen molar-refractivity contribution in [3.63, 3.8) is 0 Å². The number of allylic oxidation sites excluding steroid dienone is 2. The lowest BCUT2D eigenvalue weighted by atomic mass is 10.1. The van der Waals surface area contributed by atoms with Gasteiger partial charge in [-0.2, -0.15) is 8.78 Å². The molecule has 6 nitrogen and oxygen atoms in total. The van der Waals surface area contributed by atoms with Crippen molar-refractivity contribution in [1.29, 1.82) is 0 Å². The number of nitrogens with zero attached hydrogens (tertiary/aromatic N) is 1. The maximum Gasteiger partial charge on any atom is 0.387 e. The number of ether oxygens (including phenoxy) is 3. The number of alkyl halides is 2. The fraction of sp³-hybridized carbons (Fsp3) is 0.222. The first kappa shape index (κ1) is 19.2. The van der Waals surface area contributed by atoms with Crippen molar-refractivity contribution < 1.29 is 32.6 Å². The first-order chi connectivity index (χ1) is 12.4. The van der Waals surface area contributed by atoms with Crippen molar-refractivity contribution in [3.8, 4) is 5.75 Å². The number of benzene rings is 1. The van der Waals surface area contributed by atoms with Gasteiger partial charge in [0.2, 0.25) is 0 Å². The van der Waals surface area contributed by atoms with E-state index in [-0.39, 0.29) is 17.0 Å². The van der Waals surface area contributed by atoms with Crippen LogP contribution in [0.4, 0.5) is 14.5 Å². The van der Waals surface area contributed by atoms with Crippen molar-refractivity contribution in [3.05, 3.63) is 59.5 Å². The molecule has 0 aliphatic carbocycles. The van der Waals surface area contributed by atoms with E-state index in [9.17, 15) is 18.4 Å². The van der Waals surface area contributed by atoms with Gasteiger partial charge in [-0.25, -0.2) is 9.59 Å². The number of carbonyl (C=O) groups is 2. The van der Waals surface area contributed by atoms with Gasteiger partial charge in [-0.05, 0) is 42.8 Å². The van der Waals surface area contributed by atoms with Crippen molar-refractivity contribution in [1.82, 2.24) is 0 Å². The first-order valence-electron chi connectivity index (χ1n) is 7.49. The molecule has 0 fully saturated rings. The third-order valence-corrected chi connectivity index (χ3v) is 3.54. The van der Waals surface area contributed by atoms with E-state index in [1.807, 2.05) is 0 Å². The van der Waals surface area contributed by atoms with Crippen molar-refractivity contribution in [2.75, 3.05) is 19.1 Å². The van der Waals surface area contributed by atoms with Gasteiger partial charge in [0.25, 0.3) is 0 Å². The second kappa shape index (κ2) is 8.28. The molecule has 0 atom stereocenters. The Balaban J connectivity index is 2.58. The summed E-state index contributed by atoms with van der Waals surface area (Å²) in [5, 5.41) is 0. The van der Waals surface area contributed by atoms with Crippen LogP contribution in [0.1, 0.15) is 5.56 Å². The Morgan fingerprint density at radius 3 is 2.35 bits per heavy atom. The summed E-state index contributed by atoms with van der Waals surface area (Å²) in [6, 6.07) is 4.24. The van der Waals surface area contributed by atoms with E-state index in [0.717, 1.165) is 0 Å². The van der Waals surface area contributed by atoms with E-state index in [1.54, 1.807) is 25.3 Å². The number of aryl methyl sites for hydroxylation is 1. The number of halogens is 2. The van der Waals surface area contributed by atoms with Gasteiger partial charge in [0.15, 0.2) is 0 Å². The predicted molar refractivity (Wildman–Crippen MR) is 89.6 cm³/mol. The second-order valence-electron chi connectivity index (χ2n) is 5.14. The Bertz CT molecular complexity index is 799. The highest BCUT2D eigenvalue weighted by Gasteiger charge is 2.28. The molecule has 1 aromatic rings. The molecule has 0 spiro atoms. The number of carbonyl (C=O) groups excluding carboxylic acids is 2. The van der Waals surface area contributed by atoms with Crippen molar-refractivity contribution in [2.24, 2.45) is 0 Å². The van der Waals surface area contributed by atoms with Gasteiger partial charge in [0, 0.05) is 11.9 Å². The van der Waals surface area contributed by atoms with E-state index < -0.39 is 18.6 Å². The van der Waals surface area contributed by atoms with Crippen LogP contribution in [-0.2, 0) is 19.1 Å². The molecule has 1 aliphatic heterocycles. The Morgan fingerprint density at radius 2 is 1.77 bits per heavy atom. The molecule has 0 bridgehead atoms. The summed E-state index contributed by atoms with van der Waals surface area (Å²) < 4.78 is 38.7. The maximum atomic E-state index is 12.4. The molecule has 138 valence electrons. The topological polar surface area (TPSA) is 65.1 Å². The monoisotopic (exact) mass is 365 g/mol. The van der Waals surface area contributed by atoms with Gasteiger partial charge in [0.05, 0.1) is 19.8 Å². The molecular formula is C18H17F2NO5. The lowest BCUT2D eigenvalue weighted by Gasteiger charge is -2.25. The van der Waals surface area contributed by atoms with Crippen LogP contribution in [0.2, 0.25) is 0 Å². The normalized spacial score (nSPS) is 13.7. The lowest BCUT2D eigenvalue weighted by Crippen LogP contribution is -2.27. The van der Waals surface area contributed by atoms with Crippen LogP contribution in [0.25, 0.3) is 0 Å². The molecular weight excluding hydrogens is 348 g/mol. The van der Waals surface area contributed by atoms with Crippen LogP contribution in [0.15, 0.2) is 53.9 Å². The second-order valence-corrected chi connectivity index (χ2v) is 5.14. The molecule has 1 aromatic carbocycles. The fourth-order valence-electron chi connectivity index (χ4n) is 2.43. The van der Waals surface area contributed by atoms with Crippen molar-refractivity contribution >= 4 is 17.6 Å². The van der Waals surface area contributed by atoms with Gasteiger partial charge in [0.1, 0.15) is 11.4 Å². The first-order valence-corrected chi connectivity index (χ1v) is 7.49. The fourth-order valence-corrected chi connectivity index (χ4v) is 2.43. The molecule has 1 aliphatic rings. The molecule has 26 heavy (non-hydrogen) atoms. The largest absolute Gasteiger partial charge is 0.465 e. The number of anilines is 1. The van der Waals surface area contributed by atoms with Gasteiger partial charge in [-0.3, -0.25) is 0 Å². The van der Waals surface area contributed by atoms with E-state index in [0.29, 0.717) is 11.3 Å². The zero-order valence-electron chi connectivity index (χ0n) is 14.4. The predicted octanol–water partition coefficient (Wildman–Crippen LogP) is 3.09. The van der Waals surface area contributed by atoms with Gasteiger partial charge < -0.3 is 19.1 Å². The summed E-state index contributed by atoms with van der Waals surface area (Å²) in [7, 11) is 2.38. The molecule has 8 heteroatoms. The highest BCUT2D eigenvalue weighted by molar-refractivity contribution is 6.05. The number of esters is 2. The highest BCUT2D eigenvalue weighted by atomic mass is 19.3. The van der Waals surface area contributed by atoms with E-state index in [2.05, 4.69) is 4.74 Å². The van der Waals surface area contributed by atoms with Crippen molar-refractivity contribution in [2.45, 2.75) is 13.5 Å². The summed E-state index contributed by atoms with van der Waals surface area (Å²) in [4.78, 5) is 25.9. The number of methoxy groups -OCH3 is 2. The van der Waals surface area contributed by atoms with Crippen LogP contribution in [-0.4, -0.2) is 32.8 Å².